The number of rotatable bonds is 2. The molecule has 1 rings (SSSR count). The Balaban J connectivity index is 3.24. The molecular formula is C8H4Cl6. The molecule has 0 radical (unpaired) electrons. The van der Waals surface area contributed by atoms with Crippen LogP contribution in [0, 0.1) is 0 Å². The van der Waals surface area contributed by atoms with Crippen LogP contribution in [0.1, 0.15) is 20.8 Å². The third kappa shape index (κ3) is 2.98. The number of benzene rings is 1. The molecule has 0 N–H and O–H groups in total. The van der Waals surface area contributed by atoms with Crippen molar-refractivity contribution in [3.63, 3.8) is 0 Å². The Morgan fingerprint density at radius 2 is 1.00 bits per heavy atom. The van der Waals surface area contributed by atoms with Crippen molar-refractivity contribution in [3.8, 4) is 0 Å². The predicted octanol–water partition coefficient (Wildman–Crippen LogP) is 5.95. The van der Waals surface area contributed by atoms with Crippen molar-refractivity contribution in [1.29, 1.82) is 0 Å². The zero-order chi connectivity index (χ0) is 10.9. The van der Waals surface area contributed by atoms with Crippen molar-refractivity contribution in [2.45, 2.75) is 9.67 Å². The SMILES string of the molecule is Clc1cc(C(Cl)Cl)c(Cl)cc1C(Cl)Cl. The average molecular weight is 313 g/mol. The predicted molar refractivity (Wildman–Crippen MR) is 65.4 cm³/mol. The number of alkyl halides is 4. The lowest BCUT2D eigenvalue weighted by atomic mass is 10.2. The lowest BCUT2D eigenvalue weighted by molar-refractivity contribution is 1.28. The van der Waals surface area contributed by atoms with E-state index in [9.17, 15) is 0 Å². The highest BCUT2D eigenvalue weighted by atomic mass is 35.5. The minimum atomic E-state index is -0.724. The average Bonchev–Trinajstić information content (AvgIpc) is 2.07. The summed E-state index contributed by atoms with van der Waals surface area (Å²) in [5, 5.41) is 0.788. The summed E-state index contributed by atoms with van der Waals surface area (Å²) < 4.78 is 0. The van der Waals surface area contributed by atoms with Crippen LogP contribution in [0.2, 0.25) is 10.0 Å². The van der Waals surface area contributed by atoms with Crippen molar-refractivity contribution in [3.05, 3.63) is 33.3 Å². The molecule has 0 aliphatic heterocycles. The van der Waals surface area contributed by atoms with Gasteiger partial charge >= 0.3 is 0 Å². The third-order valence-corrected chi connectivity index (χ3v) is 3.18. The summed E-state index contributed by atoms with van der Waals surface area (Å²) in [5.74, 6) is 0. The molecule has 0 saturated carbocycles. The molecule has 0 atom stereocenters. The second-order valence-electron chi connectivity index (χ2n) is 2.50. The van der Waals surface area contributed by atoms with E-state index in [0.717, 1.165) is 0 Å². The van der Waals surface area contributed by atoms with E-state index in [1.807, 2.05) is 0 Å². The van der Waals surface area contributed by atoms with Gasteiger partial charge in [-0.1, -0.05) is 23.2 Å². The molecule has 0 fully saturated rings. The molecule has 0 amide bonds. The Morgan fingerprint density at radius 3 is 1.21 bits per heavy atom. The molecule has 0 nitrogen and oxygen atoms in total. The molecule has 0 unspecified atom stereocenters. The van der Waals surface area contributed by atoms with Crippen molar-refractivity contribution in [1.82, 2.24) is 0 Å². The van der Waals surface area contributed by atoms with Gasteiger partial charge in [-0.15, -0.1) is 46.4 Å². The fourth-order valence-corrected chi connectivity index (χ4v) is 2.42. The van der Waals surface area contributed by atoms with E-state index in [4.69, 9.17) is 69.6 Å². The van der Waals surface area contributed by atoms with Crippen molar-refractivity contribution >= 4 is 69.6 Å². The van der Waals surface area contributed by atoms with Gasteiger partial charge in [0, 0.05) is 21.2 Å². The minimum Gasteiger partial charge on any atom is -0.100 e. The van der Waals surface area contributed by atoms with Crippen LogP contribution in [0.25, 0.3) is 0 Å². The van der Waals surface area contributed by atoms with Gasteiger partial charge in [-0.05, 0) is 12.1 Å². The van der Waals surface area contributed by atoms with E-state index in [1.54, 1.807) is 12.1 Å². The van der Waals surface area contributed by atoms with Crippen molar-refractivity contribution in [2.24, 2.45) is 0 Å². The fourth-order valence-electron chi connectivity index (χ4n) is 0.912. The monoisotopic (exact) mass is 310 g/mol. The molecule has 78 valence electrons. The van der Waals surface area contributed by atoms with Crippen LogP contribution in [-0.2, 0) is 0 Å². The van der Waals surface area contributed by atoms with Crippen LogP contribution in [0.4, 0.5) is 0 Å². The number of hydrogen-bond acceptors (Lipinski definition) is 0. The lowest BCUT2D eigenvalue weighted by Gasteiger charge is -2.10. The second-order valence-corrected chi connectivity index (χ2v) is 5.50. The summed E-state index contributed by atoms with van der Waals surface area (Å²) in [6.07, 6.45) is 0. The summed E-state index contributed by atoms with van der Waals surface area (Å²) in [5.41, 5.74) is 1.08. The Bertz CT molecular complexity index is 299. The lowest BCUT2D eigenvalue weighted by Crippen LogP contribution is -1.90. The van der Waals surface area contributed by atoms with Crippen LogP contribution in [0.15, 0.2) is 12.1 Å². The van der Waals surface area contributed by atoms with Gasteiger partial charge in [-0.25, -0.2) is 0 Å². The van der Waals surface area contributed by atoms with Gasteiger partial charge in [-0.3, -0.25) is 0 Å². The van der Waals surface area contributed by atoms with E-state index >= 15 is 0 Å². The van der Waals surface area contributed by atoms with Gasteiger partial charge in [-0.2, -0.15) is 0 Å². The molecule has 1 aromatic rings. The normalized spacial score (nSPS) is 11.4. The molecule has 0 aliphatic carbocycles. The minimum absolute atomic E-state index is 0.394. The Kier molecular flexibility index (Phi) is 4.97. The van der Waals surface area contributed by atoms with E-state index in [1.165, 1.54) is 0 Å². The molecule has 0 aliphatic rings. The zero-order valence-corrected chi connectivity index (χ0v) is 11.1. The van der Waals surface area contributed by atoms with Crippen LogP contribution >= 0.6 is 69.6 Å². The first-order valence-corrected chi connectivity index (χ1v) is 5.98. The maximum Gasteiger partial charge on any atom is 0.134 e. The van der Waals surface area contributed by atoms with E-state index in [-0.39, 0.29) is 0 Å². The molecule has 6 heteroatoms. The summed E-state index contributed by atoms with van der Waals surface area (Å²) in [6.45, 7) is 0. The Morgan fingerprint density at radius 1 is 0.714 bits per heavy atom. The number of hydrogen-bond donors (Lipinski definition) is 0. The van der Waals surface area contributed by atoms with Crippen LogP contribution in [0.3, 0.4) is 0 Å². The van der Waals surface area contributed by atoms with Crippen LogP contribution in [-0.4, -0.2) is 0 Å². The van der Waals surface area contributed by atoms with Gasteiger partial charge in [0.2, 0.25) is 0 Å². The van der Waals surface area contributed by atoms with Gasteiger partial charge in [0.1, 0.15) is 9.67 Å². The summed E-state index contributed by atoms with van der Waals surface area (Å²) in [7, 11) is 0. The van der Waals surface area contributed by atoms with Crippen LogP contribution in [0.5, 0.6) is 0 Å². The zero-order valence-electron chi connectivity index (χ0n) is 6.58. The first kappa shape index (κ1) is 13.0. The fraction of sp³-hybridized carbons (Fsp3) is 0.250. The largest absolute Gasteiger partial charge is 0.134 e. The van der Waals surface area contributed by atoms with Gasteiger partial charge in [0.25, 0.3) is 0 Å². The Labute approximate surface area is 112 Å². The highest BCUT2D eigenvalue weighted by Crippen LogP contribution is 2.39. The number of halogens is 6. The quantitative estimate of drug-likeness (QED) is 0.592. The third-order valence-electron chi connectivity index (χ3n) is 1.59. The molecule has 14 heavy (non-hydrogen) atoms. The maximum atomic E-state index is 5.90. The molecule has 0 heterocycles. The molecule has 0 bridgehead atoms. The van der Waals surface area contributed by atoms with Gasteiger partial charge in [0.15, 0.2) is 0 Å². The maximum absolute atomic E-state index is 5.90. The summed E-state index contributed by atoms with van der Waals surface area (Å²) >= 11 is 34.5. The topological polar surface area (TPSA) is 0 Å². The first-order valence-electron chi connectivity index (χ1n) is 3.48. The van der Waals surface area contributed by atoms with Crippen LogP contribution < -0.4 is 0 Å². The Hall–Kier alpha value is 0.960. The highest BCUT2D eigenvalue weighted by molar-refractivity contribution is 6.47. The second kappa shape index (κ2) is 5.34. The molecule has 0 aromatic heterocycles. The highest BCUT2D eigenvalue weighted by Gasteiger charge is 2.15. The van der Waals surface area contributed by atoms with E-state index in [2.05, 4.69) is 0 Å². The summed E-state index contributed by atoms with van der Waals surface area (Å²) in [6, 6.07) is 3.11. The molecule has 0 spiro atoms. The van der Waals surface area contributed by atoms with E-state index in [0.29, 0.717) is 21.2 Å². The van der Waals surface area contributed by atoms with Gasteiger partial charge in [0.05, 0.1) is 0 Å². The first-order chi connectivity index (χ1) is 6.43. The van der Waals surface area contributed by atoms with E-state index < -0.39 is 9.67 Å². The summed E-state index contributed by atoms with van der Waals surface area (Å²) in [4.78, 5) is -1.45. The van der Waals surface area contributed by atoms with Crippen molar-refractivity contribution in [2.75, 3.05) is 0 Å². The standard InChI is InChI=1S/C8H4Cl6/c9-5-1-3(7(11)12)6(10)2-4(5)8(13)14/h1-2,7-8H. The smallest absolute Gasteiger partial charge is 0.100 e. The van der Waals surface area contributed by atoms with Gasteiger partial charge < -0.3 is 0 Å². The molecule has 1 aromatic carbocycles. The molecular weight excluding hydrogens is 309 g/mol. The van der Waals surface area contributed by atoms with Crippen molar-refractivity contribution < 1.29 is 0 Å². The molecule has 0 saturated heterocycles.